The Bertz CT molecular complexity index is 665. The second-order valence-corrected chi connectivity index (χ2v) is 6.68. The zero-order valence-corrected chi connectivity index (χ0v) is 13.9. The van der Waals surface area contributed by atoms with E-state index in [0.29, 0.717) is 11.8 Å². The number of fused-ring (bicyclic) bond motifs is 1. The van der Waals surface area contributed by atoms with Gasteiger partial charge in [0.25, 0.3) is 0 Å². The quantitative estimate of drug-likeness (QED) is 0.944. The Balaban J connectivity index is 1.84. The van der Waals surface area contributed by atoms with Crippen molar-refractivity contribution in [2.45, 2.75) is 45.7 Å². The molecule has 0 fully saturated rings. The summed E-state index contributed by atoms with van der Waals surface area (Å²) in [7, 11) is 0. The van der Waals surface area contributed by atoms with Crippen molar-refractivity contribution in [2.24, 2.45) is 11.8 Å². The van der Waals surface area contributed by atoms with E-state index in [0.717, 1.165) is 12.8 Å². The van der Waals surface area contributed by atoms with Crippen molar-refractivity contribution in [3.8, 4) is 0 Å². The van der Waals surface area contributed by atoms with Gasteiger partial charge in [0.1, 0.15) is 18.7 Å². The standard InChI is InChI=1S/C18H24N4O/c1-12(2)15-9-8-14-6-4-5-7-16(14)17(15)21-18(23)13(3)22-11-19-10-20-22/h4-7,10-13,15,17H,8-9H2,1-3H3,(H,21,23)/t13-,15+,17-/m1/s1. The first-order chi connectivity index (χ1) is 11.1. The highest BCUT2D eigenvalue weighted by Crippen LogP contribution is 2.38. The van der Waals surface area contributed by atoms with Gasteiger partial charge in [0.05, 0.1) is 6.04 Å². The molecule has 1 aromatic heterocycles. The molecular weight excluding hydrogens is 288 g/mol. The van der Waals surface area contributed by atoms with Gasteiger partial charge in [0.2, 0.25) is 5.91 Å². The molecule has 0 aliphatic heterocycles. The molecular formula is C18H24N4O. The molecule has 122 valence electrons. The lowest BCUT2D eigenvalue weighted by atomic mass is 9.74. The molecule has 0 radical (unpaired) electrons. The molecule has 0 saturated heterocycles. The predicted octanol–water partition coefficient (Wildman–Crippen LogP) is 2.92. The van der Waals surface area contributed by atoms with Crippen molar-refractivity contribution < 1.29 is 4.79 Å². The molecule has 1 N–H and O–H groups in total. The maximum Gasteiger partial charge on any atom is 0.245 e. The number of rotatable bonds is 4. The summed E-state index contributed by atoms with van der Waals surface area (Å²) < 4.78 is 1.59. The molecule has 1 amide bonds. The number of nitrogens with zero attached hydrogens (tertiary/aromatic N) is 3. The van der Waals surface area contributed by atoms with E-state index in [4.69, 9.17) is 0 Å². The Kier molecular flexibility index (Phi) is 4.46. The first-order valence-corrected chi connectivity index (χ1v) is 8.30. The minimum atomic E-state index is -0.362. The maximum absolute atomic E-state index is 12.7. The van der Waals surface area contributed by atoms with Crippen LogP contribution in [0.4, 0.5) is 0 Å². The Morgan fingerprint density at radius 1 is 1.30 bits per heavy atom. The predicted molar refractivity (Wildman–Crippen MR) is 88.7 cm³/mol. The van der Waals surface area contributed by atoms with Crippen LogP contribution in [0.5, 0.6) is 0 Å². The number of carbonyl (C=O) groups is 1. The lowest BCUT2D eigenvalue weighted by Crippen LogP contribution is -2.41. The average Bonchev–Trinajstić information content (AvgIpc) is 3.08. The van der Waals surface area contributed by atoms with E-state index in [9.17, 15) is 4.79 Å². The smallest absolute Gasteiger partial charge is 0.245 e. The Morgan fingerprint density at radius 2 is 2.09 bits per heavy atom. The van der Waals surface area contributed by atoms with Crippen LogP contribution < -0.4 is 5.32 Å². The highest BCUT2D eigenvalue weighted by molar-refractivity contribution is 5.80. The maximum atomic E-state index is 12.7. The average molecular weight is 312 g/mol. The molecule has 5 heteroatoms. The van der Waals surface area contributed by atoms with Crippen molar-refractivity contribution in [1.29, 1.82) is 0 Å². The van der Waals surface area contributed by atoms with Crippen LogP contribution in [0, 0.1) is 11.8 Å². The number of amides is 1. The molecule has 2 aromatic rings. The first-order valence-electron chi connectivity index (χ1n) is 8.30. The van der Waals surface area contributed by atoms with Gasteiger partial charge in [-0.1, -0.05) is 38.1 Å². The number of hydrogen-bond acceptors (Lipinski definition) is 3. The highest BCUT2D eigenvalue weighted by atomic mass is 16.2. The van der Waals surface area contributed by atoms with Gasteiger partial charge in [-0.05, 0) is 42.7 Å². The SMILES string of the molecule is CC(C)[C@@H]1CCc2ccccc2[C@@H]1NC(=O)[C@@H](C)n1cncn1. The summed E-state index contributed by atoms with van der Waals surface area (Å²) in [6.45, 7) is 6.32. The van der Waals surface area contributed by atoms with Gasteiger partial charge < -0.3 is 5.32 Å². The molecule has 1 aromatic carbocycles. The number of benzene rings is 1. The van der Waals surface area contributed by atoms with Crippen LogP contribution in [0.3, 0.4) is 0 Å². The van der Waals surface area contributed by atoms with Crippen molar-refractivity contribution in [2.75, 3.05) is 0 Å². The van der Waals surface area contributed by atoms with Gasteiger partial charge in [-0.2, -0.15) is 5.10 Å². The van der Waals surface area contributed by atoms with Gasteiger partial charge in [0, 0.05) is 0 Å². The summed E-state index contributed by atoms with van der Waals surface area (Å²) >= 11 is 0. The van der Waals surface area contributed by atoms with E-state index in [2.05, 4.69) is 53.5 Å². The van der Waals surface area contributed by atoms with E-state index in [1.54, 1.807) is 11.0 Å². The van der Waals surface area contributed by atoms with Crippen LogP contribution in [-0.2, 0) is 11.2 Å². The van der Waals surface area contributed by atoms with Gasteiger partial charge in [0.15, 0.2) is 0 Å². The molecule has 23 heavy (non-hydrogen) atoms. The normalized spacial score (nSPS) is 21.7. The molecule has 3 atom stereocenters. The van der Waals surface area contributed by atoms with Crippen molar-refractivity contribution >= 4 is 5.91 Å². The van der Waals surface area contributed by atoms with Crippen molar-refractivity contribution in [3.63, 3.8) is 0 Å². The third kappa shape index (κ3) is 3.14. The van der Waals surface area contributed by atoms with E-state index in [-0.39, 0.29) is 18.0 Å². The molecule has 1 aliphatic rings. The summed E-state index contributed by atoms with van der Waals surface area (Å²) in [5, 5.41) is 7.34. The van der Waals surface area contributed by atoms with E-state index in [1.165, 1.54) is 17.5 Å². The number of aromatic nitrogens is 3. The molecule has 0 bridgehead atoms. The third-order valence-electron chi connectivity index (χ3n) is 4.93. The fourth-order valence-electron chi connectivity index (χ4n) is 3.50. The second-order valence-electron chi connectivity index (χ2n) is 6.68. The van der Waals surface area contributed by atoms with Crippen LogP contribution in [0.15, 0.2) is 36.9 Å². The van der Waals surface area contributed by atoms with E-state index in [1.807, 2.05) is 6.92 Å². The minimum absolute atomic E-state index is 0.0112. The molecule has 3 rings (SSSR count). The molecule has 5 nitrogen and oxygen atoms in total. The lowest BCUT2D eigenvalue weighted by molar-refractivity contribution is -0.125. The molecule has 1 heterocycles. The van der Waals surface area contributed by atoms with E-state index >= 15 is 0 Å². The second kappa shape index (κ2) is 6.52. The lowest BCUT2D eigenvalue weighted by Gasteiger charge is -2.37. The molecule has 0 saturated carbocycles. The summed E-state index contributed by atoms with van der Waals surface area (Å²) in [6.07, 6.45) is 5.23. The number of aryl methyl sites for hydroxylation is 1. The monoisotopic (exact) mass is 312 g/mol. The van der Waals surface area contributed by atoms with E-state index < -0.39 is 0 Å². The number of nitrogens with one attached hydrogen (secondary N) is 1. The number of carbonyl (C=O) groups excluding carboxylic acids is 1. The topological polar surface area (TPSA) is 59.8 Å². The van der Waals surface area contributed by atoms with Gasteiger partial charge in [-0.25, -0.2) is 9.67 Å². The Labute approximate surface area is 137 Å². The fourth-order valence-corrected chi connectivity index (χ4v) is 3.50. The van der Waals surface area contributed by atoms with Crippen molar-refractivity contribution in [3.05, 3.63) is 48.0 Å². The Morgan fingerprint density at radius 3 is 2.78 bits per heavy atom. The van der Waals surface area contributed by atoms with Crippen LogP contribution in [0.2, 0.25) is 0 Å². The third-order valence-corrected chi connectivity index (χ3v) is 4.93. The van der Waals surface area contributed by atoms with Gasteiger partial charge >= 0.3 is 0 Å². The molecule has 0 unspecified atom stereocenters. The van der Waals surface area contributed by atoms with Crippen LogP contribution >= 0.6 is 0 Å². The number of hydrogen-bond donors (Lipinski definition) is 1. The van der Waals surface area contributed by atoms with Crippen LogP contribution in [-0.4, -0.2) is 20.7 Å². The van der Waals surface area contributed by atoms with Crippen molar-refractivity contribution in [1.82, 2.24) is 20.1 Å². The summed E-state index contributed by atoms with van der Waals surface area (Å²) in [6, 6.07) is 8.16. The highest BCUT2D eigenvalue weighted by Gasteiger charge is 2.33. The summed E-state index contributed by atoms with van der Waals surface area (Å²) in [5.74, 6) is 0.968. The van der Waals surface area contributed by atoms with Crippen LogP contribution in [0.25, 0.3) is 0 Å². The zero-order chi connectivity index (χ0) is 16.4. The molecule has 1 aliphatic carbocycles. The van der Waals surface area contributed by atoms with Gasteiger partial charge in [-0.15, -0.1) is 0 Å². The minimum Gasteiger partial charge on any atom is -0.347 e. The largest absolute Gasteiger partial charge is 0.347 e. The first kappa shape index (κ1) is 15.7. The zero-order valence-electron chi connectivity index (χ0n) is 13.9. The Hall–Kier alpha value is -2.17. The molecule has 0 spiro atoms. The van der Waals surface area contributed by atoms with Gasteiger partial charge in [-0.3, -0.25) is 4.79 Å². The summed E-state index contributed by atoms with van der Waals surface area (Å²) in [5.41, 5.74) is 2.61. The van der Waals surface area contributed by atoms with Crippen LogP contribution in [0.1, 0.15) is 50.4 Å². The fraction of sp³-hybridized carbons (Fsp3) is 0.500. The summed E-state index contributed by atoms with van der Waals surface area (Å²) in [4.78, 5) is 16.6.